The summed E-state index contributed by atoms with van der Waals surface area (Å²) < 4.78 is 68.5. The van der Waals surface area contributed by atoms with E-state index in [0.29, 0.717) is 36.7 Å². The molecule has 0 spiro atoms. The Kier molecular flexibility index (Phi) is 36.5. The van der Waals surface area contributed by atoms with E-state index in [1.54, 1.807) is 6.66 Å². The Bertz CT molecular complexity index is 1440. The molecule has 10 unspecified atom stereocenters. The van der Waals surface area contributed by atoms with Gasteiger partial charge >= 0.3 is 13.6 Å². The number of hydrogen-bond donors (Lipinski definition) is 0. The number of ether oxygens (including phenoxy) is 6. The van der Waals surface area contributed by atoms with Crippen LogP contribution in [0.4, 0.5) is 0 Å². The van der Waals surface area contributed by atoms with Gasteiger partial charge in [-0.25, -0.2) is 0 Å². The van der Waals surface area contributed by atoms with Gasteiger partial charge in [0.15, 0.2) is 12.6 Å². The highest BCUT2D eigenvalue weighted by Crippen LogP contribution is 2.52. The Balaban J connectivity index is 1.69. The van der Waals surface area contributed by atoms with E-state index in [2.05, 4.69) is 90.0 Å². The third-order valence-electron chi connectivity index (χ3n) is 19.3. The van der Waals surface area contributed by atoms with Crippen molar-refractivity contribution < 1.29 is 46.8 Å². The molecule has 2 saturated heterocycles. The Morgan fingerprint density at radius 2 is 0.789 bits per heavy atom. The number of esters is 1. The average molecular weight is 1100 g/mol. The topological polar surface area (TPSA) is 108 Å². The molecule has 1 saturated carbocycles. The highest BCUT2D eigenvalue weighted by molar-refractivity contribution is 7.53. The second-order valence-electron chi connectivity index (χ2n) is 25.2. The van der Waals surface area contributed by atoms with Gasteiger partial charge < -0.3 is 32.9 Å². The predicted molar refractivity (Wildman–Crippen MR) is 316 cm³/mol. The molecule has 0 bridgehead atoms. The smallest absolute Gasteiger partial charge is 0.328 e. The van der Waals surface area contributed by atoms with Crippen molar-refractivity contribution >= 4 is 13.6 Å². The summed E-state index contributed by atoms with van der Waals surface area (Å²) in [4.78, 5) is 13.2. The van der Waals surface area contributed by atoms with E-state index >= 15 is 0 Å². The first-order valence-corrected chi connectivity index (χ1v) is 34.8. The van der Waals surface area contributed by atoms with Crippen LogP contribution in [0.1, 0.15) is 283 Å². The van der Waals surface area contributed by atoms with Crippen LogP contribution in [-0.4, -0.2) is 81.7 Å². The average Bonchev–Trinajstić information content (AvgIpc) is 3.40. The van der Waals surface area contributed by atoms with E-state index in [1.165, 1.54) is 141 Å². The first-order valence-electron chi connectivity index (χ1n) is 32.8. The first-order chi connectivity index (χ1) is 36.5. The minimum absolute atomic E-state index is 0.0314. The maximum atomic E-state index is 15.0. The van der Waals surface area contributed by atoms with E-state index in [1.807, 2.05) is 0 Å². The molecule has 450 valence electrons. The van der Waals surface area contributed by atoms with Gasteiger partial charge in [0.2, 0.25) is 0 Å². The number of hydrogen-bond acceptors (Lipinski definition) is 10. The third-order valence-corrected chi connectivity index (χ3v) is 20.5. The van der Waals surface area contributed by atoms with Crippen molar-refractivity contribution in [3.8, 4) is 0 Å². The zero-order chi connectivity index (χ0) is 55.9. The normalized spacial score (nSPS) is 32.3. The van der Waals surface area contributed by atoms with Crippen LogP contribution in [0, 0.1) is 53.3 Å². The van der Waals surface area contributed by atoms with Gasteiger partial charge in [-0.05, 0) is 67.1 Å². The zero-order valence-electron chi connectivity index (χ0n) is 52.2. The minimum atomic E-state index is -3.81. The Morgan fingerprint density at radius 1 is 0.434 bits per heavy atom. The van der Waals surface area contributed by atoms with E-state index in [4.69, 9.17) is 37.5 Å². The van der Waals surface area contributed by atoms with Crippen molar-refractivity contribution in [1.82, 2.24) is 0 Å². The SMILES string of the molecule is CCCCCCCCCCCCCCCCO[C@H](COC(=O)CCCCCCCCCCCCCCC)COP(C)(=O)OC1C(O[C@@H]2OC(CC)[C@@H](C)[C@H](C)C2C)C(C)C(C)[C@H](C)C1O[C@H]1OC(CC)[C@@H](C)C(C)[C@H]1C. The summed E-state index contributed by atoms with van der Waals surface area (Å²) in [6.45, 7) is 31.4. The molecule has 3 rings (SSSR count). The third kappa shape index (κ3) is 25.3. The summed E-state index contributed by atoms with van der Waals surface area (Å²) >= 11 is 0. The van der Waals surface area contributed by atoms with Crippen molar-refractivity contribution in [2.75, 3.05) is 26.5 Å². The molecule has 3 aliphatic rings. The van der Waals surface area contributed by atoms with Crippen molar-refractivity contribution in [1.29, 1.82) is 0 Å². The largest absolute Gasteiger partial charge is 0.463 e. The van der Waals surface area contributed by atoms with Crippen LogP contribution in [0.3, 0.4) is 0 Å². The molecular weight excluding hydrogens is 972 g/mol. The summed E-state index contributed by atoms with van der Waals surface area (Å²) in [5.41, 5.74) is 0. The zero-order valence-corrected chi connectivity index (χ0v) is 53.1. The molecule has 3 fully saturated rings. The van der Waals surface area contributed by atoms with Gasteiger partial charge in [-0.1, -0.05) is 251 Å². The quantitative estimate of drug-likeness (QED) is 0.0333. The van der Waals surface area contributed by atoms with E-state index < -0.39 is 44.6 Å². The highest BCUT2D eigenvalue weighted by Gasteiger charge is 2.54. The lowest BCUT2D eigenvalue weighted by Crippen LogP contribution is -2.60. The second-order valence-corrected chi connectivity index (χ2v) is 27.2. The van der Waals surface area contributed by atoms with E-state index in [9.17, 15) is 9.36 Å². The lowest BCUT2D eigenvalue weighted by atomic mass is 9.69. The fourth-order valence-corrected chi connectivity index (χ4v) is 13.8. The summed E-state index contributed by atoms with van der Waals surface area (Å²) in [7, 11) is -3.81. The van der Waals surface area contributed by atoms with Crippen LogP contribution in [0.25, 0.3) is 0 Å². The molecule has 0 N–H and O–H groups in total. The van der Waals surface area contributed by atoms with Gasteiger partial charge in [-0.3, -0.25) is 13.9 Å². The summed E-state index contributed by atoms with van der Waals surface area (Å²) in [6.07, 6.45) is 33.4. The summed E-state index contributed by atoms with van der Waals surface area (Å²) in [5, 5.41) is 0. The van der Waals surface area contributed by atoms with Gasteiger partial charge in [0.1, 0.15) is 18.8 Å². The van der Waals surface area contributed by atoms with E-state index in [0.717, 1.165) is 44.9 Å². The first kappa shape index (κ1) is 69.7. The minimum Gasteiger partial charge on any atom is -0.463 e. The lowest BCUT2D eigenvalue weighted by molar-refractivity contribution is -0.320. The molecule has 11 heteroatoms. The van der Waals surface area contributed by atoms with Crippen molar-refractivity contribution in [2.45, 2.75) is 332 Å². The van der Waals surface area contributed by atoms with Crippen LogP contribution in [0.15, 0.2) is 0 Å². The molecule has 0 aromatic heterocycles. The molecule has 0 aromatic rings. The van der Waals surface area contributed by atoms with Gasteiger partial charge in [0, 0.05) is 31.5 Å². The van der Waals surface area contributed by atoms with Crippen LogP contribution in [0.2, 0.25) is 0 Å². The molecule has 18 atom stereocenters. The Labute approximate surface area is 470 Å². The molecule has 0 aromatic carbocycles. The standard InChI is InChI=1S/C65H125O10P/c1-15-19-21-23-25-27-29-31-33-35-37-39-41-43-45-68-57(46-69-60(66)44-42-40-38-36-34-32-30-28-26-24-22-20-16-2)47-70-76(14,67)75-63-61(73-64-55(12)48(5)51(8)58(17-3)71-64)53(10)50(7)54(11)62(63)74-65-56(13)49(6)52(9)59(18-4)72-65/h48-59,61-65H,15-47H2,1-14H3/t48-,49?,50?,51-,52-,53?,54-,55?,56+,57+,58?,59?,61?,62?,63?,64-,65+,76?/m0/s1. The number of carbonyl (C=O) groups excluding carboxylic acids is 1. The highest BCUT2D eigenvalue weighted by atomic mass is 31.2. The molecule has 10 nitrogen and oxygen atoms in total. The maximum Gasteiger partial charge on any atom is 0.328 e. The van der Waals surface area contributed by atoms with Crippen LogP contribution >= 0.6 is 7.60 Å². The monoisotopic (exact) mass is 1100 g/mol. The second kappa shape index (κ2) is 39.8. The molecule has 0 radical (unpaired) electrons. The fourth-order valence-electron chi connectivity index (χ4n) is 12.6. The van der Waals surface area contributed by atoms with Crippen LogP contribution < -0.4 is 0 Å². The van der Waals surface area contributed by atoms with E-state index in [-0.39, 0.29) is 61.0 Å². The van der Waals surface area contributed by atoms with Crippen molar-refractivity contribution in [3.63, 3.8) is 0 Å². The maximum absolute atomic E-state index is 15.0. The van der Waals surface area contributed by atoms with Gasteiger partial charge in [0.25, 0.3) is 0 Å². The van der Waals surface area contributed by atoms with Crippen molar-refractivity contribution in [2.24, 2.45) is 53.3 Å². The summed E-state index contributed by atoms with van der Waals surface area (Å²) in [6, 6.07) is 0. The number of carbonyl (C=O) groups is 1. The Hall–Kier alpha value is -0.580. The van der Waals surface area contributed by atoms with Gasteiger partial charge in [-0.15, -0.1) is 0 Å². The van der Waals surface area contributed by atoms with Crippen LogP contribution in [0.5, 0.6) is 0 Å². The lowest BCUT2D eigenvalue weighted by Gasteiger charge is -2.53. The molecule has 1 aliphatic carbocycles. The molecule has 0 amide bonds. The number of rotatable bonds is 43. The van der Waals surface area contributed by atoms with Gasteiger partial charge in [-0.2, -0.15) is 0 Å². The number of unbranched alkanes of at least 4 members (excludes halogenated alkanes) is 25. The molecular formula is C65H125O10P. The Morgan fingerprint density at radius 3 is 1.17 bits per heavy atom. The predicted octanol–water partition coefficient (Wildman–Crippen LogP) is 18.9. The summed E-state index contributed by atoms with van der Waals surface area (Å²) in [5.74, 6) is 1.92. The molecule has 2 aliphatic heterocycles. The van der Waals surface area contributed by atoms with Crippen molar-refractivity contribution in [3.05, 3.63) is 0 Å². The molecule has 76 heavy (non-hydrogen) atoms. The van der Waals surface area contributed by atoms with Gasteiger partial charge in [0.05, 0.1) is 31.0 Å². The molecule has 2 heterocycles. The van der Waals surface area contributed by atoms with Crippen LogP contribution in [-0.2, 0) is 46.8 Å². The fraction of sp³-hybridized carbons (Fsp3) is 0.985.